The van der Waals surface area contributed by atoms with Crippen molar-refractivity contribution in [2.75, 3.05) is 14.1 Å². The molecule has 0 atom stereocenters. The van der Waals surface area contributed by atoms with E-state index in [1.165, 1.54) is 11.1 Å². The van der Waals surface area contributed by atoms with Gasteiger partial charge < -0.3 is 15.3 Å². The molecule has 0 saturated heterocycles. The van der Waals surface area contributed by atoms with Gasteiger partial charge in [-0.3, -0.25) is 4.98 Å². The van der Waals surface area contributed by atoms with Crippen LogP contribution in [0.2, 0.25) is 0 Å². The SMILES string of the molecule is Cc1ccc(O)c(CNCc2ccccc2CN(C)C)n1. The number of nitrogens with zero attached hydrogens (tertiary/aromatic N) is 2. The van der Waals surface area contributed by atoms with E-state index < -0.39 is 0 Å². The molecule has 4 nitrogen and oxygen atoms in total. The molecule has 0 amide bonds. The second-order valence-electron chi connectivity index (χ2n) is 5.53. The number of benzene rings is 1. The molecule has 2 aromatic rings. The Bertz CT molecular complexity index is 596. The van der Waals surface area contributed by atoms with Crippen molar-refractivity contribution in [2.45, 2.75) is 26.6 Å². The van der Waals surface area contributed by atoms with Gasteiger partial charge in [-0.1, -0.05) is 24.3 Å². The van der Waals surface area contributed by atoms with Gasteiger partial charge in [0.05, 0.1) is 5.69 Å². The standard InChI is InChI=1S/C17H23N3O/c1-13-8-9-17(21)16(19-13)11-18-10-14-6-4-5-7-15(14)12-20(2)3/h4-9,18,21H,10-12H2,1-3H3. The summed E-state index contributed by atoms with van der Waals surface area (Å²) in [6.07, 6.45) is 0. The van der Waals surface area contributed by atoms with Crippen LogP contribution in [0.3, 0.4) is 0 Å². The summed E-state index contributed by atoms with van der Waals surface area (Å²) in [5.74, 6) is 0.245. The molecule has 1 heterocycles. The maximum absolute atomic E-state index is 9.80. The van der Waals surface area contributed by atoms with E-state index in [0.29, 0.717) is 12.2 Å². The van der Waals surface area contributed by atoms with Crippen molar-refractivity contribution in [3.05, 3.63) is 58.9 Å². The molecular formula is C17H23N3O. The summed E-state index contributed by atoms with van der Waals surface area (Å²) >= 11 is 0. The number of hydrogen-bond acceptors (Lipinski definition) is 4. The van der Waals surface area contributed by atoms with Crippen LogP contribution in [0, 0.1) is 6.92 Å². The Kier molecular flexibility index (Phi) is 5.31. The Morgan fingerprint density at radius 3 is 2.48 bits per heavy atom. The summed E-state index contributed by atoms with van der Waals surface area (Å²) in [6, 6.07) is 11.9. The van der Waals surface area contributed by atoms with Crippen molar-refractivity contribution in [3.63, 3.8) is 0 Å². The highest BCUT2D eigenvalue weighted by atomic mass is 16.3. The Morgan fingerprint density at radius 2 is 1.76 bits per heavy atom. The average molecular weight is 285 g/mol. The first kappa shape index (κ1) is 15.5. The van der Waals surface area contributed by atoms with Gasteiger partial charge >= 0.3 is 0 Å². The molecule has 1 aromatic carbocycles. The van der Waals surface area contributed by atoms with E-state index in [0.717, 1.165) is 18.8 Å². The number of hydrogen-bond donors (Lipinski definition) is 2. The van der Waals surface area contributed by atoms with Crippen molar-refractivity contribution in [1.82, 2.24) is 15.2 Å². The number of aromatic nitrogens is 1. The summed E-state index contributed by atoms with van der Waals surface area (Å²) < 4.78 is 0. The largest absolute Gasteiger partial charge is 0.506 e. The predicted octanol–water partition coefficient (Wildman–Crippen LogP) is 2.45. The van der Waals surface area contributed by atoms with Crippen LogP contribution in [0.5, 0.6) is 5.75 Å². The Labute approximate surface area is 126 Å². The highest BCUT2D eigenvalue weighted by Crippen LogP contribution is 2.15. The van der Waals surface area contributed by atoms with Gasteiger partial charge in [-0.25, -0.2) is 0 Å². The summed E-state index contributed by atoms with van der Waals surface area (Å²) in [5, 5.41) is 13.2. The molecule has 0 aliphatic carbocycles. The van der Waals surface area contributed by atoms with Crippen LogP contribution in [0.4, 0.5) is 0 Å². The minimum absolute atomic E-state index is 0.245. The van der Waals surface area contributed by atoms with E-state index in [2.05, 4.69) is 53.6 Å². The van der Waals surface area contributed by atoms with Crippen LogP contribution in [0.25, 0.3) is 0 Å². The molecule has 0 spiro atoms. The third kappa shape index (κ3) is 4.55. The van der Waals surface area contributed by atoms with Gasteiger partial charge in [-0.05, 0) is 44.3 Å². The molecule has 0 radical (unpaired) electrons. The Balaban J connectivity index is 1.99. The maximum atomic E-state index is 9.80. The molecule has 0 saturated carbocycles. The first-order chi connectivity index (χ1) is 10.1. The van der Waals surface area contributed by atoms with Gasteiger partial charge in [-0.2, -0.15) is 0 Å². The van der Waals surface area contributed by atoms with E-state index in [9.17, 15) is 5.11 Å². The monoisotopic (exact) mass is 285 g/mol. The molecular weight excluding hydrogens is 262 g/mol. The molecule has 0 unspecified atom stereocenters. The fraction of sp³-hybridized carbons (Fsp3) is 0.353. The second-order valence-corrected chi connectivity index (χ2v) is 5.53. The molecule has 0 fully saturated rings. The van der Waals surface area contributed by atoms with Gasteiger partial charge in [0, 0.05) is 25.3 Å². The highest BCUT2D eigenvalue weighted by molar-refractivity contribution is 5.29. The lowest BCUT2D eigenvalue weighted by Gasteiger charge is -2.14. The quantitative estimate of drug-likeness (QED) is 0.856. The number of nitrogens with one attached hydrogen (secondary N) is 1. The minimum atomic E-state index is 0.245. The van der Waals surface area contributed by atoms with Crippen molar-refractivity contribution in [2.24, 2.45) is 0 Å². The van der Waals surface area contributed by atoms with Crippen LogP contribution in [-0.4, -0.2) is 29.1 Å². The fourth-order valence-electron chi connectivity index (χ4n) is 2.27. The van der Waals surface area contributed by atoms with Crippen molar-refractivity contribution >= 4 is 0 Å². The average Bonchev–Trinajstić information content (AvgIpc) is 2.44. The molecule has 0 aliphatic rings. The topological polar surface area (TPSA) is 48.4 Å². The number of aromatic hydroxyl groups is 1. The molecule has 4 heteroatoms. The van der Waals surface area contributed by atoms with Crippen LogP contribution < -0.4 is 5.32 Å². The summed E-state index contributed by atoms with van der Waals surface area (Å²) in [5.41, 5.74) is 4.20. The lowest BCUT2D eigenvalue weighted by atomic mass is 10.1. The van der Waals surface area contributed by atoms with E-state index in [4.69, 9.17) is 0 Å². The number of pyridine rings is 1. The first-order valence-corrected chi connectivity index (χ1v) is 7.14. The zero-order valence-corrected chi connectivity index (χ0v) is 12.9. The first-order valence-electron chi connectivity index (χ1n) is 7.14. The molecule has 0 aliphatic heterocycles. The minimum Gasteiger partial charge on any atom is -0.506 e. The van der Waals surface area contributed by atoms with Gasteiger partial charge in [-0.15, -0.1) is 0 Å². The number of aryl methyl sites for hydroxylation is 1. The van der Waals surface area contributed by atoms with E-state index >= 15 is 0 Å². The molecule has 0 bridgehead atoms. The lowest BCUT2D eigenvalue weighted by molar-refractivity contribution is 0.400. The van der Waals surface area contributed by atoms with Crippen LogP contribution >= 0.6 is 0 Å². The summed E-state index contributed by atoms with van der Waals surface area (Å²) in [7, 11) is 4.14. The molecule has 2 rings (SSSR count). The lowest BCUT2D eigenvalue weighted by Crippen LogP contribution is -2.17. The fourth-order valence-corrected chi connectivity index (χ4v) is 2.27. The van der Waals surface area contributed by atoms with Gasteiger partial charge in [0.15, 0.2) is 0 Å². The maximum Gasteiger partial charge on any atom is 0.138 e. The van der Waals surface area contributed by atoms with Crippen molar-refractivity contribution in [1.29, 1.82) is 0 Å². The zero-order chi connectivity index (χ0) is 15.2. The van der Waals surface area contributed by atoms with Crippen LogP contribution in [0.1, 0.15) is 22.5 Å². The number of rotatable bonds is 6. The van der Waals surface area contributed by atoms with Crippen LogP contribution in [-0.2, 0) is 19.6 Å². The second kappa shape index (κ2) is 7.20. The van der Waals surface area contributed by atoms with E-state index in [1.807, 2.05) is 13.0 Å². The Hall–Kier alpha value is -1.91. The van der Waals surface area contributed by atoms with Gasteiger partial charge in [0.25, 0.3) is 0 Å². The van der Waals surface area contributed by atoms with Crippen molar-refractivity contribution in [3.8, 4) is 5.75 Å². The molecule has 2 N–H and O–H groups in total. The third-order valence-corrected chi connectivity index (χ3v) is 3.30. The predicted molar refractivity (Wildman–Crippen MR) is 85.0 cm³/mol. The van der Waals surface area contributed by atoms with Gasteiger partial charge in [0.2, 0.25) is 0 Å². The smallest absolute Gasteiger partial charge is 0.138 e. The van der Waals surface area contributed by atoms with Crippen LogP contribution in [0.15, 0.2) is 36.4 Å². The van der Waals surface area contributed by atoms with E-state index in [-0.39, 0.29) is 5.75 Å². The van der Waals surface area contributed by atoms with Gasteiger partial charge in [0.1, 0.15) is 5.75 Å². The normalized spacial score (nSPS) is 11.0. The summed E-state index contributed by atoms with van der Waals surface area (Å²) in [4.78, 5) is 6.51. The molecule has 112 valence electrons. The zero-order valence-electron chi connectivity index (χ0n) is 12.9. The van der Waals surface area contributed by atoms with E-state index in [1.54, 1.807) is 6.07 Å². The Morgan fingerprint density at radius 1 is 1.05 bits per heavy atom. The molecule has 21 heavy (non-hydrogen) atoms. The van der Waals surface area contributed by atoms with Crippen molar-refractivity contribution < 1.29 is 5.11 Å². The summed E-state index contributed by atoms with van der Waals surface area (Å²) in [6.45, 7) is 4.17. The highest BCUT2D eigenvalue weighted by Gasteiger charge is 2.05. The third-order valence-electron chi connectivity index (χ3n) is 3.30. The molecule has 1 aromatic heterocycles.